The van der Waals surface area contributed by atoms with Gasteiger partial charge in [0, 0.05) is 32.7 Å². The predicted octanol–water partition coefficient (Wildman–Crippen LogP) is 4.75. The molecular formula is C19H24N2O4SY-2. The molecule has 0 fully saturated rings. The van der Waals surface area contributed by atoms with Crippen LogP contribution in [0.4, 0.5) is 0 Å². The van der Waals surface area contributed by atoms with Crippen molar-refractivity contribution in [2.45, 2.75) is 39.5 Å². The molecule has 2 aromatic carbocycles. The van der Waals surface area contributed by atoms with E-state index < -0.39 is 15.9 Å². The summed E-state index contributed by atoms with van der Waals surface area (Å²) in [7, 11) is -3.87. The molecule has 6 nitrogen and oxygen atoms in total. The minimum absolute atomic E-state index is 0. The number of sulfonamides is 1. The number of isocyanates is 1. The zero-order valence-electron chi connectivity index (χ0n) is 16.2. The van der Waals surface area contributed by atoms with Crippen LogP contribution in [0.2, 0.25) is 0 Å². The third kappa shape index (κ3) is 12.4. The van der Waals surface area contributed by atoms with E-state index in [0.29, 0.717) is 11.1 Å². The SMILES string of the molecule is CC.CC.Cc1cc[c-]cc1S(=O)(=O)N=C=O.[NH-]C(=O)c1ccccc1.[Y]. The van der Waals surface area contributed by atoms with Crippen LogP contribution in [0.3, 0.4) is 0 Å². The van der Waals surface area contributed by atoms with Gasteiger partial charge >= 0.3 is 0 Å². The van der Waals surface area contributed by atoms with Crippen LogP contribution in [0, 0.1) is 13.0 Å². The molecule has 0 bridgehead atoms. The molecular weight excluding hydrogens is 441 g/mol. The average molecular weight is 465 g/mol. The number of carbonyl (C=O) groups is 1. The molecule has 0 unspecified atom stereocenters. The Bertz CT molecular complexity index is 803. The van der Waals surface area contributed by atoms with E-state index in [4.69, 9.17) is 5.73 Å². The van der Waals surface area contributed by atoms with E-state index in [9.17, 15) is 18.0 Å². The summed E-state index contributed by atoms with van der Waals surface area (Å²) in [5, 5.41) is 0. The molecule has 1 amide bonds. The Kier molecular flexibility index (Phi) is 19.8. The maximum Gasteiger partial charge on any atom is 0.251 e. The normalized spacial score (nSPS) is 8.48. The average Bonchev–Trinajstić information content (AvgIpc) is 2.66. The molecule has 0 spiro atoms. The van der Waals surface area contributed by atoms with Crippen LogP contribution in [0.15, 0.2) is 57.8 Å². The summed E-state index contributed by atoms with van der Waals surface area (Å²) in [4.78, 5) is 20.1. The summed E-state index contributed by atoms with van der Waals surface area (Å²) >= 11 is 0. The smallest absolute Gasteiger partial charge is 0.251 e. The third-order valence-electron chi connectivity index (χ3n) is 2.50. The number of nitrogens with one attached hydrogen (secondary N) is 1. The van der Waals surface area contributed by atoms with Crippen molar-refractivity contribution in [3.8, 4) is 0 Å². The summed E-state index contributed by atoms with van der Waals surface area (Å²) in [6.45, 7) is 9.61. The van der Waals surface area contributed by atoms with Gasteiger partial charge in [-0.15, -0.1) is 5.56 Å². The molecule has 0 aromatic heterocycles. The fraction of sp³-hybridized carbons (Fsp3) is 0.263. The molecule has 27 heavy (non-hydrogen) atoms. The number of rotatable bonds is 3. The van der Waals surface area contributed by atoms with E-state index >= 15 is 0 Å². The summed E-state index contributed by atoms with van der Waals surface area (Å²) in [5.41, 5.74) is 7.65. The van der Waals surface area contributed by atoms with Crippen molar-refractivity contribution >= 4 is 22.0 Å². The van der Waals surface area contributed by atoms with Gasteiger partial charge in [-0.05, 0) is 10.5 Å². The van der Waals surface area contributed by atoms with Crippen molar-refractivity contribution in [2.75, 3.05) is 0 Å². The Morgan fingerprint density at radius 3 is 1.96 bits per heavy atom. The van der Waals surface area contributed by atoms with Crippen LogP contribution < -0.4 is 0 Å². The van der Waals surface area contributed by atoms with Crippen molar-refractivity contribution in [1.29, 1.82) is 0 Å². The van der Waals surface area contributed by atoms with Gasteiger partial charge in [0.1, 0.15) is 0 Å². The minimum atomic E-state index is -3.87. The molecule has 1 radical (unpaired) electrons. The number of benzene rings is 2. The molecule has 0 aliphatic carbocycles. The molecule has 2 aromatic rings. The molecule has 8 heteroatoms. The molecule has 0 saturated heterocycles. The fourth-order valence-corrected chi connectivity index (χ4v) is 2.35. The zero-order chi connectivity index (χ0) is 20.6. The van der Waals surface area contributed by atoms with Crippen molar-refractivity contribution < 1.29 is 50.7 Å². The first-order valence-electron chi connectivity index (χ1n) is 8.00. The number of amides is 1. The minimum Gasteiger partial charge on any atom is -0.664 e. The van der Waals surface area contributed by atoms with Gasteiger partial charge in [0.2, 0.25) is 10.0 Å². The second-order valence-electron chi connectivity index (χ2n) is 4.04. The van der Waals surface area contributed by atoms with Gasteiger partial charge in [-0.2, -0.15) is 24.3 Å². The molecule has 2 rings (SSSR count). The van der Waals surface area contributed by atoms with Crippen LogP contribution in [-0.4, -0.2) is 20.4 Å². The Hall–Kier alpha value is -1.66. The van der Waals surface area contributed by atoms with Crippen molar-refractivity contribution in [2.24, 2.45) is 4.40 Å². The first-order chi connectivity index (χ1) is 12.4. The Morgan fingerprint density at radius 2 is 1.59 bits per heavy atom. The topological polar surface area (TPSA) is 104 Å². The molecule has 0 aliphatic heterocycles. The maximum atomic E-state index is 11.2. The predicted molar refractivity (Wildman–Crippen MR) is 103 cm³/mol. The standard InChI is InChI=1S/C8H6NO3S.C7H7NO.2C2H6.Y/c1-7-4-2-3-5-8(7)13(11,12)9-6-10;8-7(9)6-4-2-1-3-5-6;2*1-2;/h2,4-5H,1H3;1-5H,(H2,8,9);2*1-2H3;/q-1;;;;/p-1. The molecule has 0 aliphatic rings. The zero-order valence-corrected chi connectivity index (χ0v) is 19.8. The molecule has 1 N–H and O–H groups in total. The first kappa shape index (κ1) is 30.1. The third-order valence-corrected chi connectivity index (χ3v) is 3.81. The van der Waals surface area contributed by atoms with E-state index in [2.05, 4.69) is 10.5 Å². The van der Waals surface area contributed by atoms with Crippen LogP contribution in [0.25, 0.3) is 5.73 Å². The van der Waals surface area contributed by atoms with Gasteiger partial charge in [-0.25, -0.2) is 13.2 Å². The molecule has 0 atom stereocenters. The number of carbonyl (C=O) groups excluding carboxylic acids is 2. The van der Waals surface area contributed by atoms with E-state index in [-0.39, 0.29) is 37.6 Å². The fourth-order valence-electron chi connectivity index (χ4n) is 1.46. The van der Waals surface area contributed by atoms with E-state index in [1.165, 1.54) is 6.07 Å². The van der Waals surface area contributed by atoms with E-state index in [0.717, 1.165) is 6.08 Å². The van der Waals surface area contributed by atoms with Crippen LogP contribution in [0.1, 0.15) is 43.6 Å². The van der Waals surface area contributed by atoms with Crippen molar-refractivity contribution in [3.05, 3.63) is 71.5 Å². The van der Waals surface area contributed by atoms with Crippen LogP contribution >= 0.6 is 0 Å². The second kappa shape index (κ2) is 17.7. The second-order valence-corrected chi connectivity index (χ2v) is 5.62. The Balaban J connectivity index is -0.000000362. The largest absolute Gasteiger partial charge is 0.664 e. The number of nitrogens with zero attached hydrogens (tertiary/aromatic N) is 1. The van der Waals surface area contributed by atoms with Gasteiger partial charge in [-0.3, -0.25) is 0 Å². The molecule has 0 heterocycles. The first-order valence-corrected chi connectivity index (χ1v) is 9.44. The summed E-state index contributed by atoms with van der Waals surface area (Å²) in [5.74, 6) is -0.629. The monoisotopic (exact) mass is 465 g/mol. The quantitative estimate of drug-likeness (QED) is 0.371. The Labute approximate surface area is 187 Å². The van der Waals surface area contributed by atoms with Crippen LogP contribution in [0.5, 0.6) is 0 Å². The number of hydrogen-bond donors (Lipinski definition) is 0. The number of hydrogen-bond acceptors (Lipinski definition) is 4. The summed E-state index contributed by atoms with van der Waals surface area (Å²) < 4.78 is 25.1. The van der Waals surface area contributed by atoms with E-state index in [1.54, 1.807) is 43.3 Å². The van der Waals surface area contributed by atoms with E-state index in [1.807, 2.05) is 33.8 Å². The van der Waals surface area contributed by atoms with Gasteiger partial charge < -0.3 is 10.5 Å². The van der Waals surface area contributed by atoms with Gasteiger partial charge in [0.05, 0.1) is 5.91 Å². The Morgan fingerprint density at radius 1 is 1.07 bits per heavy atom. The molecule has 145 valence electrons. The summed E-state index contributed by atoms with van der Waals surface area (Å²) in [6, 6.07) is 15.6. The van der Waals surface area contributed by atoms with Gasteiger partial charge in [0.15, 0.2) is 0 Å². The maximum absolute atomic E-state index is 11.2. The summed E-state index contributed by atoms with van der Waals surface area (Å²) in [6.07, 6.45) is 1.01. The molecule has 0 saturated carbocycles. The van der Waals surface area contributed by atoms with Crippen molar-refractivity contribution in [1.82, 2.24) is 0 Å². The number of aryl methyl sites for hydroxylation is 1. The van der Waals surface area contributed by atoms with Gasteiger partial charge in [0.25, 0.3) is 6.08 Å². The van der Waals surface area contributed by atoms with Crippen molar-refractivity contribution in [3.63, 3.8) is 0 Å². The van der Waals surface area contributed by atoms with Gasteiger partial charge in [-0.1, -0.05) is 69.3 Å². The van der Waals surface area contributed by atoms with Crippen LogP contribution in [-0.2, 0) is 47.5 Å².